The molecule has 4 rings (SSSR count). The van der Waals surface area contributed by atoms with E-state index < -0.39 is 0 Å². The first-order valence-electron chi connectivity index (χ1n) is 10.3. The minimum absolute atomic E-state index is 0.107. The maximum absolute atomic E-state index is 13.2. The van der Waals surface area contributed by atoms with Gasteiger partial charge in [-0.1, -0.05) is 19.3 Å². The number of carbonyl (C=O) groups is 1. The number of amides is 1. The fourth-order valence-electron chi connectivity index (χ4n) is 5.13. The summed E-state index contributed by atoms with van der Waals surface area (Å²) in [5, 5.41) is 8.28. The molecule has 6 heteroatoms. The van der Waals surface area contributed by atoms with Crippen LogP contribution in [0, 0.1) is 5.92 Å². The van der Waals surface area contributed by atoms with E-state index in [-0.39, 0.29) is 5.91 Å². The van der Waals surface area contributed by atoms with E-state index in [9.17, 15) is 4.79 Å². The van der Waals surface area contributed by atoms with E-state index in [0.717, 1.165) is 43.2 Å². The van der Waals surface area contributed by atoms with Gasteiger partial charge in [-0.05, 0) is 52.1 Å². The fraction of sp³-hybridized carbons (Fsp3) is 0.800. The first-order valence-corrected chi connectivity index (χ1v) is 10.3. The molecular weight excluding hydrogens is 326 g/mol. The van der Waals surface area contributed by atoms with Gasteiger partial charge in [0.25, 0.3) is 5.91 Å². The van der Waals surface area contributed by atoms with E-state index in [4.69, 9.17) is 0 Å². The van der Waals surface area contributed by atoms with Crippen LogP contribution < -0.4 is 5.32 Å². The number of aromatic nitrogens is 2. The average molecular weight is 360 g/mol. The van der Waals surface area contributed by atoms with Crippen LogP contribution in [-0.2, 0) is 0 Å². The van der Waals surface area contributed by atoms with E-state index in [1.165, 1.54) is 32.1 Å². The van der Waals surface area contributed by atoms with Crippen molar-refractivity contribution < 1.29 is 4.79 Å². The fourth-order valence-corrected chi connectivity index (χ4v) is 5.13. The Labute approximate surface area is 156 Å². The van der Waals surface area contributed by atoms with Gasteiger partial charge in [0, 0.05) is 25.7 Å². The number of likely N-dealkylation sites (tertiary alicyclic amines) is 1. The molecule has 0 bridgehead atoms. The summed E-state index contributed by atoms with van der Waals surface area (Å²) in [5.41, 5.74) is 0.745. The third-order valence-electron chi connectivity index (χ3n) is 6.81. The zero-order chi connectivity index (χ0) is 18.3. The van der Waals surface area contributed by atoms with Crippen molar-refractivity contribution >= 4 is 11.7 Å². The van der Waals surface area contributed by atoms with Gasteiger partial charge < -0.3 is 15.1 Å². The molecule has 3 unspecified atom stereocenters. The summed E-state index contributed by atoms with van der Waals surface area (Å²) in [7, 11) is 4.07. The van der Waals surface area contributed by atoms with Crippen molar-refractivity contribution in [2.75, 3.05) is 32.5 Å². The van der Waals surface area contributed by atoms with Crippen LogP contribution >= 0.6 is 0 Å². The van der Waals surface area contributed by atoms with Gasteiger partial charge in [-0.2, -0.15) is 5.10 Å². The predicted octanol–water partition coefficient (Wildman–Crippen LogP) is 2.98. The van der Waals surface area contributed by atoms with Gasteiger partial charge >= 0.3 is 0 Å². The van der Waals surface area contributed by atoms with Gasteiger partial charge in [-0.25, -0.2) is 4.68 Å². The van der Waals surface area contributed by atoms with Crippen LogP contribution in [0.5, 0.6) is 0 Å². The van der Waals surface area contributed by atoms with Crippen molar-refractivity contribution in [3.63, 3.8) is 0 Å². The summed E-state index contributed by atoms with van der Waals surface area (Å²) in [4.78, 5) is 17.4. The Balaban J connectivity index is 1.53. The number of likely N-dealkylation sites (N-methyl/N-ethyl adjacent to an activating group) is 2. The normalized spacial score (nSPS) is 30.0. The Hall–Kier alpha value is -1.56. The monoisotopic (exact) mass is 359 g/mol. The lowest BCUT2D eigenvalue weighted by Crippen LogP contribution is -2.41. The predicted molar refractivity (Wildman–Crippen MR) is 104 cm³/mol. The third kappa shape index (κ3) is 3.24. The highest BCUT2D eigenvalue weighted by Crippen LogP contribution is 2.37. The number of anilines is 1. The number of carbonyl (C=O) groups excluding carboxylic acids is 1. The summed E-state index contributed by atoms with van der Waals surface area (Å²) in [6, 6.07) is 1.13. The van der Waals surface area contributed by atoms with Crippen LogP contribution in [0.4, 0.5) is 5.82 Å². The maximum atomic E-state index is 13.2. The van der Waals surface area contributed by atoms with Crippen LogP contribution in [0.2, 0.25) is 0 Å². The van der Waals surface area contributed by atoms with Crippen molar-refractivity contribution in [2.24, 2.45) is 5.92 Å². The van der Waals surface area contributed by atoms with E-state index in [0.29, 0.717) is 18.1 Å². The Kier molecular flexibility index (Phi) is 4.95. The van der Waals surface area contributed by atoms with Crippen LogP contribution in [0.1, 0.15) is 68.3 Å². The summed E-state index contributed by atoms with van der Waals surface area (Å²) in [5.74, 6) is 1.79. The van der Waals surface area contributed by atoms with Crippen LogP contribution in [0.3, 0.4) is 0 Å². The number of nitrogens with one attached hydrogen (secondary N) is 1. The maximum Gasteiger partial charge on any atom is 0.259 e. The van der Waals surface area contributed by atoms with Gasteiger partial charge in [0.1, 0.15) is 11.4 Å². The van der Waals surface area contributed by atoms with Gasteiger partial charge in [-0.3, -0.25) is 4.79 Å². The van der Waals surface area contributed by atoms with E-state index in [1.807, 2.05) is 16.6 Å². The second kappa shape index (κ2) is 7.22. The topological polar surface area (TPSA) is 53.4 Å². The minimum atomic E-state index is 0.107. The Bertz CT molecular complexity index is 651. The van der Waals surface area contributed by atoms with Gasteiger partial charge in [0.2, 0.25) is 0 Å². The molecule has 1 aliphatic carbocycles. The zero-order valence-electron chi connectivity index (χ0n) is 16.4. The van der Waals surface area contributed by atoms with Crippen LogP contribution in [-0.4, -0.2) is 64.8 Å². The second-order valence-corrected chi connectivity index (χ2v) is 8.71. The van der Waals surface area contributed by atoms with E-state index >= 15 is 0 Å². The van der Waals surface area contributed by atoms with Crippen LogP contribution in [0.25, 0.3) is 0 Å². The zero-order valence-corrected chi connectivity index (χ0v) is 16.4. The molecule has 1 aromatic heterocycles. The molecule has 3 atom stereocenters. The molecule has 1 aromatic rings. The molecular formula is C20H33N5O. The first kappa shape index (κ1) is 17.8. The molecule has 26 heavy (non-hydrogen) atoms. The average Bonchev–Trinajstić information content (AvgIpc) is 3.28. The largest absolute Gasteiger partial charge is 0.367 e. The lowest BCUT2D eigenvalue weighted by atomic mass is 9.81. The molecule has 0 radical (unpaired) electrons. The molecule has 144 valence electrons. The van der Waals surface area contributed by atoms with Crippen molar-refractivity contribution in [1.82, 2.24) is 19.6 Å². The summed E-state index contributed by atoms with van der Waals surface area (Å²) < 4.78 is 2.03. The number of hydrogen-bond donors (Lipinski definition) is 1. The molecule has 0 aromatic carbocycles. The second-order valence-electron chi connectivity index (χ2n) is 8.71. The van der Waals surface area contributed by atoms with Crippen LogP contribution in [0.15, 0.2) is 6.20 Å². The number of hydrogen-bond acceptors (Lipinski definition) is 4. The van der Waals surface area contributed by atoms with E-state index in [2.05, 4.69) is 29.3 Å². The molecule has 2 aliphatic heterocycles. The number of fused-ring (bicyclic) bond motifs is 1. The number of rotatable bonds is 3. The van der Waals surface area contributed by atoms with Crippen molar-refractivity contribution in [3.05, 3.63) is 11.8 Å². The smallest absolute Gasteiger partial charge is 0.259 e. The van der Waals surface area contributed by atoms with Crippen molar-refractivity contribution in [3.8, 4) is 0 Å². The SMILES string of the molecule is CC1CC(C2CCCCC2)Nc2c(C(=O)N(C)C3CCN(C)C3)cnn21. The summed E-state index contributed by atoms with van der Waals surface area (Å²) in [6.45, 7) is 4.25. The quantitative estimate of drug-likeness (QED) is 0.901. The summed E-state index contributed by atoms with van der Waals surface area (Å²) in [6.07, 6.45) is 10.6. The first-order chi connectivity index (χ1) is 12.5. The Morgan fingerprint density at radius 1 is 1.27 bits per heavy atom. The van der Waals surface area contributed by atoms with Crippen molar-refractivity contribution in [1.29, 1.82) is 0 Å². The Morgan fingerprint density at radius 2 is 2.04 bits per heavy atom. The highest BCUT2D eigenvalue weighted by atomic mass is 16.2. The van der Waals surface area contributed by atoms with E-state index in [1.54, 1.807) is 6.20 Å². The lowest BCUT2D eigenvalue weighted by molar-refractivity contribution is 0.0738. The van der Waals surface area contributed by atoms with Gasteiger partial charge in [-0.15, -0.1) is 0 Å². The molecule has 1 amide bonds. The molecule has 2 fully saturated rings. The Morgan fingerprint density at radius 3 is 2.73 bits per heavy atom. The highest BCUT2D eigenvalue weighted by Gasteiger charge is 2.35. The standard InChI is InChI=1S/C20H33N5O/c1-14-11-18(15-7-5-4-6-8-15)22-19-17(12-21-25(14)19)20(26)24(3)16-9-10-23(2)13-16/h12,14-16,18,22H,4-11,13H2,1-3H3. The third-order valence-corrected chi connectivity index (χ3v) is 6.81. The molecule has 0 spiro atoms. The summed E-state index contributed by atoms with van der Waals surface area (Å²) >= 11 is 0. The highest BCUT2D eigenvalue weighted by molar-refractivity contribution is 5.99. The number of nitrogens with zero attached hydrogens (tertiary/aromatic N) is 4. The molecule has 1 N–H and O–H groups in total. The lowest BCUT2D eigenvalue weighted by Gasteiger charge is -2.37. The molecule has 3 heterocycles. The minimum Gasteiger partial charge on any atom is -0.367 e. The van der Waals surface area contributed by atoms with Gasteiger partial charge in [0.05, 0.1) is 12.2 Å². The molecule has 1 saturated carbocycles. The van der Waals surface area contributed by atoms with Crippen molar-refractivity contribution in [2.45, 2.75) is 70.0 Å². The molecule has 6 nitrogen and oxygen atoms in total. The molecule has 1 saturated heterocycles. The van der Waals surface area contributed by atoms with Gasteiger partial charge in [0.15, 0.2) is 0 Å². The molecule has 3 aliphatic rings.